The van der Waals surface area contributed by atoms with Crippen LogP contribution >= 0.6 is 0 Å². The van der Waals surface area contributed by atoms with Gasteiger partial charge in [-0.2, -0.15) is 0 Å². The van der Waals surface area contributed by atoms with Gasteiger partial charge in [0.05, 0.1) is 14.8 Å². The number of benzene rings is 2. The van der Waals surface area contributed by atoms with Gasteiger partial charge in [0, 0.05) is 13.4 Å². The molecule has 2 aromatic rings. The van der Waals surface area contributed by atoms with Crippen LogP contribution in [-0.4, -0.2) is 32.1 Å². The van der Waals surface area contributed by atoms with Crippen LogP contribution < -0.4 is 0 Å². The summed E-state index contributed by atoms with van der Waals surface area (Å²) in [5.74, 6) is 0. The van der Waals surface area contributed by atoms with Gasteiger partial charge in [0.25, 0.3) is 0 Å². The Morgan fingerprint density at radius 3 is 2.70 bits per heavy atom. The van der Waals surface area contributed by atoms with E-state index in [4.69, 9.17) is 19.8 Å². The molecule has 0 bridgehead atoms. The molecule has 0 N–H and O–H groups in total. The van der Waals surface area contributed by atoms with Gasteiger partial charge in [-0.3, -0.25) is 0 Å². The molecule has 0 fully saturated rings. The summed E-state index contributed by atoms with van der Waals surface area (Å²) in [7, 11) is 2.61. The molecule has 0 saturated carbocycles. The first-order valence-corrected chi connectivity index (χ1v) is 6.05. The summed E-state index contributed by atoms with van der Waals surface area (Å²) in [6.45, 7) is -8.60. The number of ether oxygens (including phenoxy) is 1. The highest BCUT2D eigenvalue weighted by Gasteiger charge is 2.16. The zero-order chi connectivity index (χ0) is 23.9. The van der Waals surface area contributed by atoms with E-state index < -0.39 is 61.3 Å². The fourth-order valence-corrected chi connectivity index (χ4v) is 1.62. The molecule has 1 atom stereocenters. The van der Waals surface area contributed by atoms with Crippen molar-refractivity contribution < 1.29 is 19.8 Å². The van der Waals surface area contributed by atoms with Crippen LogP contribution in [0.5, 0.6) is 0 Å². The first-order chi connectivity index (χ1) is 14.0. The lowest BCUT2D eigenvalue weighted by atomic mass is 9.97. The number of hydrogen-bond acceptors (Lipinski definition) is 2. The topological polar surface area (TPSA) is 12.5 Å². The van der Waals surface area contributed by atoms with Crippen LogP contribution in [0.2, 0.25) is 0 Å². The molecule has 0 aromatic heterocycles. The average Bonchev–Trinajstić information content (AvgIpc) is 2.66. The molecule has 1 unspecified atom stereocenters. The zero-order valence-electron chi connectivity index (χ0n) is 22.3. The van der Waals surface area contributed by atoms with Gasteiger partial charge in [-0.15, -0.1) is 0 Å². The van der Waals surface area contributed by atoms with Crippen LogP contribution in [0.25, 0.3) is 0 Å². The third-order valence-electron chi connectivity index (χ3n) is 2.53. The van der Waals surface area contributed by atoms with Crippen molar-refractivity contribution in [1.82, 2.24) is 4.90 Å². The normalized spacial score (nSPS) is 22.6. The summed E-state index contributed by atoms with van der Waals surface area (Å²) in [5, 5.41) is 0. The average molecular weight is 280 g/mol. The van der Waals surface area contributed by atoms with Gasteiger partial charge in [-0.25, -0.2) is 0 Å². The van der Waals surface area contributed by atoms with Crippen molar-refractivity contribution in [3.8, 4) is 0 Å². The summed E-state index contributed by atoms with van der Waals surface area (Å²) in [6, 6.07) is 4.85. The van der Waals surface area contributed by atoms with Crippen LogP contribution in [0.1, 0.15) is 37.9 Å². The molecular weight excluding hydrogens is 246 g/mol. The summed E-state index contributed by atoms with van der Waals surface area (Å²) < 4.78 is 94.0. The number of rotatable bonds is 6. The molecule has 106 valence electrons. The predicted molar refractivity (Wildman–Crippen MR) is 84.0 cm³/mol. The standard InChI is InChI=1S/C18H23NO/c1-15-9-7-8-12-17(15)18(20-14-13-19(2)3)16-10-5-4-6-11-16/h4-12,18H,13-14H2,1-3H3/i1D3,7D,8D,9D,12D,13D2,14D2. The first-order valence-electron chi connectivity index (χ1n) is 11.5. The fourth-order valence-electron chi connectivity index (χ4n) is 1.62. The second-order valence-corrected chi connectivity index (χ2v) is 4.31. The molecule has 20 heavy (non-hydrogen) atoms. The van der Waals surface area contributed by atoms with Crippen molar-refractivity contribution >= 4 is 0 Å². The van der Waals surface area contributed by atoms with Crippen LogP contribution in [0, 0.1) is 6.85 Å². The zero-order valence-corrected chi connectivity index (χ0v) is 11.3. The minimum absolute atomic E-state index is 0.205. The molecule has 0 aliphatic heterocycles. The molecule has 2 aromatic carbocycles. The maximum absolute atomic E-state index is 8.33. The van der Waals surface area contributed by atoms with E-state index in [1.54, 1.807) is 18.2 Å². The van der Waals surface area contributed by atoms with Crippen molar-refractivity contribution in [2.75, 3.05) is 27.2 Å². The molecule has 0 saturated heterocycles. The highest BCUT2D eigenvalue weighted by atomic mass is 16.5. The van der Waals surface area contributed by atoms with Crippen molar-refractivity contribution in [2.45, 2.75) is 13.0 Å². The van der Waals surface area contributed by atoms with Gasteiger partial charge in [0.15, 0.2) is 0 Å². The maximum atomic E-state index is 8.33. The smallest absolute Gasteiger partial charge is 0.108 e. The molecule has 0 aliphatic rings. The van der Waals surface area contributed by atoms with Crippen molar-refractivity contribution in [3.63, 3.8) is 0 Å². The Hall–Kier alpha value is -1.64. The van der Waals surface area contributed by atoms with E-state index >= 15 is 0 Å². The Balaban J connectivity index is 2.88. The van der Waals surface area contributed by atoms with Crippen molar-refractivity contribution in [2.24, 2.45) is 0 Å². The predicted octanol–water partition coefficient (Wildman–Crippen LogP) is 3.66. The van der Waals surface area contributed by atoms with Crippen LogP contribution in [0.3, 0.4) is 0 Å². The first kappa shape index (κ1) is 6.00. The maximum Gasteiger partial charge on any atom is 0.108 e. The van der Waals surface area contributed by atoms with E-state index in [2.05, 4.69) is 0 Å². The minimum Gasteiger partial charge on any atom is -0.367 e. The number of nitrogens with zero attached hydrogens (tertiary/aromatic N) is 1. The molecule has 2 nitrogen and oxygen atoms in total. The van der Waals surface area contributed by atoms with Crippen LogP contribution in [0.4, 0.5) is 0 Å². The summed E-state index contributed by atoms with van der Waals surface area (Å²) >= 11 is 0. The SMILES string of the molecule is [2H]c1c([2H])c([2H])c(C([2H])([2H])[2H])c(C(OC([2H])([2H])C([2H])([2H])N(C)C)c2ccccc2)c1[2H]. The van der Waals surface area contributed by atoms with Crippen LogP contribution in [0.15, 0.2) is 54.5 Å². The molecule has 2 rings (SSSR count). The lowest BCUT2D eigenvalue weighted by Gasteiger charge is -2.22. The molecule has 0 spiro atoms. The Morgan fingerprint density at radius 1 is 1.25 bits per heavy atom. The van der Waals surface area contributed by atoms with Gasteiger partial charge >= 0.3 is 0 Å². The molecule has 0 heterocycles. The highest BCUT2D eigenvalue weighted by Crippen LogP contribution is 2.28. The van der Waals surface area contributed by atoms with Gasteiger partial charge in [0.2, 0.25) is 0 Å². The third kappa shape index (κ3) is 3.92. The molecule has 0 aliphatic carbocycles. The fraction of sp³-hybridized carbons (Fsp3) is 0.333. The van der Waals surface area contributed by atoms with E-state index in [1.807, 2.05) is 0 Å². The lowest BCUT2D eigenvalue weighted by molar-refractivity contribution is 0.0683. The van der Waals surface area contributed by atoms with E-state index in [1.165, 1.54) is 26.2 Å². The monoisotopic (exact) mass is 280 g/mol. The quantitative estimate of drug-likeness (QED) is 0.800. The van der Waals surface area contributed by atoms with Gasteiger partial charge in [-0.05, 0) is 37.6 Å². The van der Waals surface area contributed by atoms with E-state index in [0.717, 1.165) is 4.90 Å². The highest BCUT2D eigenvalue weighted by molar-refractivity contribution is 5.35. The van der Waals surface area contributed by atoms with E-state index in [0.29, 0.717) is 0 Å². The summed E-state index contributed by atoms with van der Waals surface area (Å²) in [6.07, 6.45) is -1.62. The number of hydrogen-bond donors (Lipinski definition) is 0. The summed E-state index contributed by atoms with van der Waals surface area (Å²) in [4.78, 5) is 0.958. The largest absolute Gasteiger partial charge is 0.367 e. The Bertz CT molecular complexity index is 942. The van der Waals surface area contributed by atoms with Crippen molar-refractivity contribution in [1.29, 1.82) is 0 Å². The van der Waals surface area contributed by atoms with Gasteiger partial charge in [-0.1, -0.05) is 54.5 Å². The van der Waals surface area contributed by atoms with Crippen LogP contribution in [-0.2, 0) is 4.74 Å². The van der Waals surface area contributed by atoms with Gasteiger partial charge in [0.1, 0.15) is 6.10 Å². The molecule has 0 amide bonds. The third-order valence-corrected chi connectivity index (χ3v) is 2.53. The molecular formula is C18H23NO. The second-order valence-electron chi connectivity index (χ2n) is 4.31. The lowest BCUT2D eigenvalue weighted by Crippen LogP contribution is -2.20. The Morgan fingerprint density at radius 2 is 2.00 bits per heavy atom. The molecule has 2 heteroatoms. The second kappa shape index (κ2) is 7.22. The molecule has 0 radical (unpaired) electrons. The van der Waals surface area contributed by atoms with E-state index in [-0.39, 0.29) is 5.56 Å². The Kier molecular flexibility index (Phi) is 2.17. The Labute approximate surface area is 137 Å². The minimum atomic E-state index is -2.99. The summed E-state index contributed by atoms with van der Waals surface area (Å²) in [5.41, 5.74) is -0.958. The van der Waals surface area contributed by atoms with Crippen molar-refractivity contribution in [3.05, 3.63) is 71.2 Å². The van der Waals surface area contributed by atoms with E-state index in [9.17, 15) is 0 Å². The number of likely N-dealkylation sites (N-methyl/N-ethyl adjacent to an activating group) is 1. The van der Waals surface area contributed by atoms with Gasteiger partial charge < -0.3 is 9.64 Å².